The molecule has 0 saturated carbocycles. The average molecular weight is 335 g/mol. The van der Waals surface area contributed by atoms with E-state index in [-0.39, 0.29) is 22.5 Å². The standard InChI is InChI=1S/C20H33NO3/c1-12(2)16(18(23)24)21-11-13-9-14(19(3,4)5)10-15(17(13)22)20(6,7)8/h9-10,12,16,21-22H,11H2,1-8H3,(H,23,24)/t16-/m0/s1. The van der Waals surface area contributed by atoms with Gasteiger partial charge >= 0.3 is 5.97 Å². The molecule has 3 N–H and O–H groups in total. The van der Waals surface area contributed by atoms with Crippen LogP contribution in [0.15, 0.2) is 12.1 Å². The Morgan fingerprint density at radius 2 is 1.62 bits per heavy atom. The van der Waals surface area contributed by atoms with Crippen molar-refractivity contribution in [2.24, 2.45) is 5.92 Å². The highest BCUT2D eigenvalue weighted by molar-refractivity contribution is 5.73. The summed E-state index contributed by atoms with van der Waals surface area (Å²) in [5.41, 5.74) is 2.54. The summed E-state index contributed by atoms with van der Waals surface area (Å²) in [6, 6.07) is 3.41. The van der Waals surface area contributed by atoms with E-state index in [0.717, 1.165) is 16.7 Å². The lowest BCUT2D eigenvalue weighted by Crippen LogP contribution is -2.40. The Balaban J connectivity index is 3.29. The summed E-state index contributed by atoms with van der Waals surface area (Å²) in [5.74, 6) is -0.638. The zero-order chi connectivity index (χ0) is 18.9. The third-order valence-corrected chi connectivity index (χ3v) is 4.31. The van der Waals surface area contributed by atoms with Crippen LogP contribution >= 0.6 is 0 Å². The zero-order valence-corrected chi connectivity index (χ0v) is 16.3. The number of carboxylic acids is 1. The van der Waals surface area contributed by atoms with Crippen molar-refractivity contribution in [3.63, 3.8) is 0 Å². The first kappa shape index (κ1) is 20.5. The lowest BCUT2D eigenvalue weighted by atomic mass is 9.79. The van der Waals surface area contributed by atoms with E-state index in [4.69, 9.17) is 0 Å². The molecule has 1 rings (SSSR count). The minimum atomic E-state index is -0.868. The maximum absolute atomic E-state index is 11.4. The van der Waals surface area contributed by atoms with Crippen LogP contribution in [0.4, 0.5) is 0 Å². The molecule has 0 radical (unpaired) electrons. The minimum absolute atomic E-state index is 0.0301. The molecule has 24 heavy (non-hydrogen) atoms. The summed E-state index contributed by atoms with van der Waals surface area (Å²) in [6.45, 7) is 16.7. The fourth-order valence-corrected chi connectivity index (χ4v) is 2.66. The second-order valence-electron chi connectivity index (χ2n) is 8.97. The molecule has 0 unspecified atom stereocenters. The van der Waals surface area contributed by atoms with E-state index >= 15 is 0 Å². The highest BCUT2D eigenvalue weighted by atomic mass is 16.4. The van der Waals surface area contributed by atoms with E-state index in [9.17, 15) is 15.0 Å². The Morgan fingerprint density at radius 3 is 2.00 bits per heavy atom. The van der Waals surface area contributed by atoms with E-state index in [2.05, 4.69) is 52.9 Å². The van der Waals surface area contributed by atoms with Gasteiger partial charge in [-0.25, -0.2) is 0 Å². The Morgan fingerprint density at radius 1 is 1.08 bits per heavy atom. The predicted octanol–water partition coefficient (Wildman–Crippen LogP) is 4.19. The zero-order valence-electron chi connectivity index (χ0n) is 16.3. The Labute approximate surface area is 146 Å². The van der Waals surface area contributed by atoms with E-state index < -0.39 is 12.0 Å². The van der Waals surface area contributed by atoms with E-state index in [1.165, 1.54) is 0 Å². The van der Waals surface area contributed by atoms with Gasteiger partial charge < -0.3 is 10.2 Å². The SMILES string of the molecule is CC(C)[C@H](NCc1cc(C(C)(C)C)cc(C(C)(C)C)c1O)C(=O)O. The topological polar surface area (TPSA) is 69.6 Å². The molecular formula is C20H33NO3. The number of phenols is 1. The predicted molar refractivity (Wildman–Crippen MR) is 98.6 cm³/mol. The Bertz CT molecular complexity index is 592. The van der Waals surface area contributed by atoms with Gasteiger partial charge in [-0.1, -0.05) is 67.5 Å². The molecule has 0 aliphatic rings. The smallest absolute Gasteiger partial charge is 0.320 e. The van der Waals surface area contributed by atoms with Gasteiger partial charge in [0.25, 0.3) is 0 Å². The lowest BCUT2D eigenvalue weighted by Gasteiger charge is -2.28. The quantitative estimate of drug-likeness (QED) is 0.755. The van der Waals surface area contributed by atoms with Crippen LogP contribution in [0, 0.1) is 5.92 Å². The van der Waals surface area contributed by atoms with Crippen molar-refractivity contribution in [1.82, 2.24) is 5.32 Å². The van der Waals surface area contributed by atoms with Crippen LogP contribution in [0.3, 0.4) is 0 Å². The number of hydrogen-bond acceptors (Lipinski definition) is 3. The molecule has 0 aromatic heterocycles. The summed E-state index contributed by atoms with van der Waals surface area (Å²) in [4.78, 5) is 11.4. The summed E-state index contributed by atoms with van der Waals surface area (Å²) in [6.07, 6.45) is 0. The first-order valence-corrected chi connectivity index (χ1v) is 8.58. The van der Waals surface area contributed by atoms with Gasteiger partial charge in [0, 0.05) is 12.1 Å². The van der Waals surface area contributed by atoms with Gasteiger partial charge in [0.2, 0.25) is 0 Å². The van der Waals surface area contributed by atoms with Crippen molar-refractivity contribution in [3.8, 4) is 5.75 Å². The van der Waals surface area contributed by atoms with Gasteiger partial charge in [0.05, 0.1) is 0 Å². The Kier molecular flexibility index (Phi) is 6.10. The van der Waals surface area contributed by atoms with Crippen molar-refractivity contribution in [2.45, 2.75) is 78.8 Å². The van der Waals surface area contributed by atoms with Gasteiger partial charge in [-0.2, -0.15) is 0 Å². The van der Waals surface area contributed by atoms with Crippen LogP contribution in [0.1, 0.15) is 72.1 Å². The maximum atomic E-state index is 11.4. The van der Waals surface area contributed by atoms with Crippen molar-refractivity contribution >= 4 is 5.97 Å². The van der Waals surface area contributed by atoms with Crippen molar-refractivity contribution in [1.29, 1.82) is 0 Å². The highest BCUT2D eigenvalue weighted by Gasteiger charge is 2.26. The van der Waals surface area contributed by atoms with E-state index in [1.807, 2.05) is 19.9 Å². The van der Waals surface area contributed by atoms with E-state index in [0.29, 0.717) is 6.54 Å². The number of carboxylic acid groups (broad SMARTS) is 1. The number of aromatic hydroxyl groups is 1. The summed E-state index contributed by atoms with van der Waals surface area (Å²) >= 11 is 0. The molecule has 0 heterocycles. The second kappa shape index (κ2) is 7.14. The van der Waals surface area contributed by atoms with Crippen LogP contribution in [0.25, 0.3) is 0 Å². The number of phenolic OH excluding ortho intramolecular Hbond substituents is 1. The summed E-state index contributed by atoms with van der Waals surface area (Å²) < 4.78 is 0. The highest BCUT2D eigenvalue weighted by Crippen LogP contribution is 2.37. The molecule has 4 nitrogen and oxygen atoms in total. The molecule has 4 heteroatoms. The third kappa shape index (κ3) is 4.97. The number of benzene rings is 1. The number of nitrogens with one attached hydrogen (secondary N) is 1. The van der Waals surface area contributed by atoms with E-state index in [1.54, 1.807) is 0 Å². The van der Waals surface area contributed by atoms with Crippen molar-refractivity contribution in [2.75, 3.05) is 0 Å². The first-order valence-electron chi connectivity index (χ1n) is 8.58. The van der Waals surface area contributed by atoms with Crippen molar-refractivity contribution in [3.05, 3.63) is 28.8 Å². The van der Waals surface area contributed by atoms with Crippen LogP contribution in [-0.4, -0.2) is 22.2 Å². The second-order valence-corrected chi connectivity index (χ2v) is 8.97. The molecule has 0 saturated heterocycles. The van der Waals surface area contributed by atoms with Gasteiger partial charge in [0.1, 0.15) is 11.8 Å². The molecular weight excluding hydrogens is 302 g/mol. The average Bonchev–Trinajstić information content (AvgIpc) is 2.37. The normalized spacial score (nSPS) is 14.0. The monoisotopic (exact) mass is 335 g/mol. The number of hydrogen-bond donors (Lipinski definition) is 3. The number of aliphatic carboxylic acids is 1. The van der Waals surface area contributed by atoms with Gasteiger partial charge in [-0.15, -0.1) is 0 Å². The minimum Gasteiger partial charge on any atom is -0.507 e. The molecule has 0 spiro atoms. The van der Waals surface area contributed by atoms with Gasteiger partial charge in [-0.3, -0.25) is 10.1 Å². The van der Waals surface area contributed by atoms with Crippen LogP contribution < -0.4 is 5.32 Å². The molecule has 1 aromatic carbocycles. The van der Waals surface area contributed by atoms with Crippen LogP contribution in [-0.2, 0) is 22.2 Å². The maximum Gasteiger partial charge on any atom is 0.320 e. The van der Waals surface area contributed by atoms with Gasteiger partial charge in [0.15, 0.2) is 0 Å². The molecule has 0 amide bonds. The summed E-state index contributed by atoms with van der Waals surface area (Å²) in [5, 5.41) is 23.1. The van der Waals surface area contributed by atoms with Gasteiger partial charge in [-0.05, 0) is 27.9 Å². The third-order valence-electron chi connectivity index (χ3n) is 4.31. The molecule has 0 aliphatic carbocycles. The number of rotatable bonds is 5. The molecule has 1 atom stereocenters. The Hall–Kier alpha value is -1.55. The first-order chi connectivity index (χ1) is 10.7. The molecule has 0 fully saturated rings. The number of carbonyl (C=O) groups is 1. The fourth-order valence-electron chi connectivity index (χ4n) is 2.66. The largest absolute Gasteiger partial charge is 0.507 e. The molecule has 0 aliphatic heterocycles. The molecule has 0 bridgehead atoms. The summed E-state index contributed by atoms with van der Waals surface area (Å²) in [7, 11) is 0. The fraction of sp³-hybridized carbons (Fsp3) is 0.650. The molecule has 1 aromatic rings. The van der Waals surface area contributed by atoms with Crippen molar-refractivity contribution < 1.29 is 15.0 Å². The van der Waals surface area contributed by atoms with Crippen LogP contribution in [0.5, 0.6) is 5.75 Å². The lowest BCUT2D eigenvalue weighted by molar-refractivity contribution is -0.140. The van der Waals surface area contributed by atoms with Crippen LogP contribution in [0.2, 0.25) is 0 Å². The molecule has 136 valence electrons.